The minimum atomic E-state index is 0.352. The summed E-state index contributed by atoms with van der Waals surface area (Å²) >= 11 is 5.31. The Labute approximate surface area is 122 Å². The standard InChI is InChI=1S/C14H23BrN2S/c15-13-6-5-12(18-13)9-17-11-14(10-16)7-3-1-2-4-8-14/h5-6,17H,1-4,7-11,16H2. The lowest BCUT2D eigenvalue weighted by atomic mass is 9.80. The maximum absolute atomic E-state index is 6.05. The van der Waals surface area contributed by atoms with Gasteiger partial charge < -0.3 is 11.1 Å². The molecule has 0 aromatic carbocycles. The van der Waals surface area contributed by atoms with Crippen LogP contribution in [0.1, 0.15) is 43.4 Å². The third-order valence-electron chi connectivity index (χ3n) is 4.03. The van der Waals surface area contributed by atoms with Crippen LogP contribution in [0.25, 0.3) is 0 Å². The second-order valence-corrected chi connectivity index (χ2v) is 7.98. The Bertz CT molecular complexity index is 356. The molecule has 0 amide bonds. The molecule has 18 heavy (non-hydrogen) atoms. The van der Waals surface area contributed by atoms with Crippen LogP contribution >= 0.6 is 27.3 Å². The van der Waals surface area contributed by atoms with Gasteiger partial charge in [-0.15, -0.1) is 11.3 Å². The Balaban J connectivity index is 1.82. The summed E-state index contributed by atoms with van der Waals surface area (Å²) in [6.45, 7) is 2.87. The second-order valence-electron chi connectivity index (χ2n) is 5.43. The van der Waals surface area contributed by atoms with Crippen LogP contribution < -0.4 is 11.1 Å². The molecule has 1 fully saturated rings. The molecule has 1 aliphatic carbocycles. The van der Waals surface area contributed by atoms with Crippen molar-refractivity contribution in [1.82, 2.24) is 5.32 Å². The molecule has 0 unspecified atom stereocenters. The van der Waals surface area contributed by atoms with Crippen LogP contribution in [-0.4, -0.2) is 13.1 Å². The third kappa shape index (κ3) is 4.05. The maximum atomic E-state index is 6.05. The van der Waals surface area contributed by atoms with Crippen LogP contribution in [0.5, 0.6) is 0 Å². The number of nitrogens with one attached hydrogen (secondary N) is 1. The van der Waals surface area contributed by atoms with Crippen molar-refractivity contribution in [2.24, 2.45) is 11.1 Å². The van der Waals surface area contributed by atoms with Crippen molar-refractivity contribution in [3.63, 3.8) is 0 Å². The number of nitrogens with two attached hydrogens (primary N) is 1. The van der Waals surface area contributed by atoms with Crippen molar-refractivity contribution in [2.75, 3.05) is 13.1 Å². The zero-order chi connectivity index (χ0) is 12.8. The molecular formula is C14H23BrN2S. The molecule has 0 radical (unpaired) electrons. The number of halogens is 1. The van der Waals surface area contributed by atoms with Crippen molar-refractivity contribution in [1.29, 1.82) is 0 Å². The van der Waals surface area contributed by atoms with E-state index in [0.717, 1.165) is 19.6 Å². The van der Waals surface area contributed by atoms with Gasteiger partial charge in [0.25, 0.3) is 0 Å². The monoisotopic (exact) mass is 330 g/mol. The Morgan fingerprint density at radius 2 is 1.94 bits per heavy atom. The zero-order valence-electron chi connectivity index (χ0n) is 10.9. The molecule has 2 nitrogen and oxygen atoms in total. The first-order chi connectivity index (χ1) is 8.74. The summed E-state index contributed by atoms with van der Waals surface area (Å²) < 4.78 is 1.21. The number of hydrogen-bond acceptors (Lipinski definition) is 3. The van der Waals surface area contributed by atoms with Crippen LogP contribution in [0.4, 0.5) is 0 Å². The molecule has 102 valence electrons. The summed E-state index contributed by atoms with van der Waals surface area (Å²) in [4.78, 5) is 1.39. The van der Waals surface area contributed by atoms with Crippen molar-refractivity contribution in [3.05, 3.63) is 20.8 Å². The first-order valence-electron chi connectivity index (χ1n) is 6.89. The molecule has 2 rings (SSSR count). The van der Waals surface area contributed by atoms with Gasteiger partial charge in [0.05, 0.1) is 3.79 Å². The van der Waals surface area contributed by atoms with Crippen LogP contribution in [-0.2, 0) is 6.54 Å². The van der Waals surface area contributed by atoms with Gasteiger partial charge in [0.2, 0.25) is 0 Å². The predicted molar refractivity (Wildman–Crippen MR) is 82.9 cm³/mol. The minimum absolute atomic E-state index is 0.352. The van der Waals surface area contributed by atoms with Crippen LogP contribution in [0.2, 0.25) is 0 Å². The number of thiophene rings is 1. The fourth-order valence-electron chi connectivity index (χ4n) is 2.83. The smallest absolute Gasteiger partial charge is 0.0701 e. The van der Waals surface area contributed by atoms with E-state index in [9.17, 15) is 0 Å². The molecule has 1 saturated carbocycles. The Morgan fingerprint density at radius 1 is 1.22 bits per heavy atom. The van der Waals surface area contributed by atoms with Gasteiger partial charge in [-0.1, -0.05) is 25.7 Å². The lowest BCUT2D eigenvalue weighted by molar-refractivity contribution is 0.242. The highest BCUT2D eigenvalue weighted by molar-refractivity contribution is 9.11. The molecule has 1 heterocycles. The molecule has 0 saturated heterocycles. The van der Waals surface area contributed by atoms with Gasteiger partial charge in [0.15, 0.2) is 0 Å². The maximum Gasteiger partial charge on any atom is 0.0701 e. The third-order valence-corrected chi connectivity index (χ3v) is 5.65. The molecule has 1 aromatic rings. The van der Waals surface area contributed by atoms with E-state index < -0.39 is 0 Å². The van der Waals surface area contributed by atoms with E-state index in [1.54, 1.807) is 0 Å². The highest BCUT2D eigenvalue weighted by Crippen LogP contribution is 2.33. The lowest BCUT2D eigenvalue weighted by Crippen LogP contribution is -2.39. The van der Waals surface area contributed by atoms with E-state index in [2.05, 4.69) is 33.4 Å². The topological polar surface area (TPSA) is 38.0 Å². The Kier molecular flexibility index (Phi) is 5.67. The molecule has 0 aliphatic heterocycles. The van der Waals surface area contributed by atoms with Crippen LogP contribution in [0.3, 0.4) is 0 Å². The van der Waals surface area contributed by atoms with Crippen molar-refractivity contribution in [2.45, 2.75) is 45.1 Å². The molecule has 0 bridgehead atoms. The van der Waals surface area contributed by atoms with Gasteiger partial charge in [0.1, 0.15) is 0 Å². The van der Waals surface area contributed by atoms with Crippen LogP contribution in [0, 0.1) is 5.41 Å². The largest absolute Gasteiger partial charge is 0.330 e. The molecule has 1 aliphatic rings. The highest BCUT2D eigenvalue weighted by Gasteiger charge is 2.28. The average Bonchev–Trinajstić information content (AvgIpc) is 2.65. The van der Waals surface area contributed by atoms with Gasteiger partial charge in [-0.3, -0.25) is 0 Å². The summed E-state index contributed by atoms with van der Waals surface area (Å²) in [5, 5.41) is 3.61. The van der Waals surface area contributed by atoms with E-state index in [1.807, 2.05) is 11.3 Å². The van der Waals surface area contributed by atoms with Crippen molar-refractivity contribution in [3.8, 4) is 0 Å². The van der Waals surface area contributed by atoms with Crippen molar-refractivity contribution < 1.29 is 0 Å². The molecule has 0 spiro atoms. The Morgan fingerprint density at radius 3 is 2.50 bits per heavy atom. The molecule has 3 N–H and O–H groups in total. The van der Waals surface area contributed by atoms with E-state index in [1.165, 1.54) is 47.2 Å². The highest BCUT2D eigenvalue weighted by atomic mass is 79.9. The van der Waals surface area contributed by atoms with Gasteiger partial charge in [0, 0.05) is 18.0 Å². The predicted octanol–water partition coefficient (Wildman–Crippen LogP) is 3.90. The van der Waals surface area contributed by atoms with Gasteiger partial charge in [-0.2, -0.15) is 0 Å². The van der Waals surface area contributed by atoms with Crippen LogP contribution in [0.15, 0.2) is 15.9 Å². The van der Waals surface area contributed by atoms with Gasteiger partial charge >= 0.3 is 0 Å². The zero-order valence-corrected chi connectivity index (χ0v) is 13.3. The van der Waals surface area contributed by atoms with E-state index in [0.29, 0.717) is 5.41 Å². The number of hydrogen-bond donors (Lipinski definition) is 2. The quantitative estimate of drug-likeness (QED) is 0.803. The second kappa shape index (κ2) is 7.04. The van der Waals surface area contributed by atoms with Crippen molar-refractivity contribution >= 4 is 27.3 Å². The normalized spacial score (nSPS) is 19.7. The molecule has 0 atom stereocenters. The summed E-state index contributed by atoms with van der Waals surface area (Å²) in [5.74, 6) is 0. The SMILES string of the molecule is NCC1(CNCc2ccc(Br)s2)CCCCCC1. The summed E-state index contributed by atoms with van der Waals surface area (Å²) in [7, 11) is 0. The fraction of sp³-hybridized carbons (Fsp3) is 0.714. The summed E-state index contributed by atoms with van der Waals surface area (Å²) in [5.41, 5.74) is 6.40. The molecular weight excluding hydrogens is 308 g/mol. The summed E-state index contributed by atoms with van der Waals surface area (Å²) in [6.07, 6.45) is 8.07. The first-order valence-corrected chi connectivity index (χ1v) is 8.50. The lowest BCUT2D eigenvalue weighted by Gasteiger charge is -2.31. The van der Waals surface area contributed by atoms with E-state index in [-0.39, 0.29) is 0 Å². The first kappa shape index (κ1) is 14.5. The average molecular weight is 331 g/mol. The van der Waals surface area contributed by atoms with Gasteiger partial charge in [-0.25, -0.2) is 0 Å². The van der Waals surface area contributed by atoms with Gasteiger partial charge in [-0.05, 0) is 52.9 Å². The molecule has 4 heteroatoms. The minimum Gasteiger partial charge on any atom is -0.330 e. The fourth-order valence-corrected chi connectivity index (χ4v) is 4.28. The van der Waals surface area contributed by atoms with E-state index >= 15 is 0 Å². The summed E-state index contributed by atoms with van der Waals surface area (Å²) in [6, 6.07) is 4.30. The number of rotatable bonds is 5. The molecule has 1 aromatic heterocycles. The van der Waals surface area contributed by atoms with E-state index in [4.69, 9.17) is 5.73 Å². The Hall–Kier alpha value is 0.1000.